The number of rotatable bonds is 3. The predicted octanol–water partition coefficient (Wildman–Crippen LogP) is 4.29. The van der Waals surface area contributed by atoms with E-state index in [1.807, 2.05) is 0 Å². The molecule has 1 aliphatic carbocycles. The Balaban J connectivity index is 2.03. The number of thiophene rings is 1. The largest absolute Gasteiger partial charge is 0.324 e. The summed E-state index contributed by atoms with van der Waals surface area (Å²) < 4.78 is 0. The van der Waals surface area contributed by atoms with Crippen LogP contribution in [-0.2, 0) is 0 Å². The Morgan fingerprint density at radius 2 is 2.21 bits per heavy atom. The summed E-state index contributed by atoms with van der Waals surface area (Å²) in [6.07, 6.45) is 5.27. The topological polar surface area (TPSA) is 55.5 Å². The van der Waals surface area contributed by atoms with Crippen molar-refractivity contribution in [2.45, 2.75) is 46.1 Å². The molecule has 19 heavy (non-hydrogen) atoms. The smallest absolute Gasteiger partial charge is 0.288 e. The molecule has 1 aliphatic rings. The Morgan fingerprint density at radius 1 is 1.47 bits per heavy atom. The fourth-order valence-electron chi connectivity index (χ4n) is 3.10. The molecule has 1 heterocycles. The maximum atomic E-state index is 10.6. The molecule has 1 fully saturated rings. The maximum absolute atomic E-state index is 10.6. The molecule has 1 aromatic rings. The summed E-state index contributed by atoms with van der Waals surface area (Å²) in [5.74, 6) is 0.698. The molecule has 0 bridgehead atoms. The second kappa shape index (κ2) is 5.41. The van der Waals surface area contributed by atoms with Gasteiger partial charge in [-0.2, -0.15) is 0 Å². The third kappa shape index (κ3) is 3.86. The molecule has 0 spiro atoms. The van der Waals surface area contributed by atoms with Gasteiger partial charge in [-0.25, -0.2) is 0 Å². The van der Waals surface area contributed by atoms with Crippen LogP contribution in [-0.4, -0.2) is 17.2 Å². The lowest BCUT2D eigenvalue weighted by Gasteiger charge is -2.37. The maximum Gasteiger partial charge on any atom is 0.324 e. The van der Waals surface area contributed by atoms with Crippen LogP contribution in [0.25, 0.3) is 0 Å². The van der Waals surface area contributed by atoms with Crippen molar-refractivity contribution < 1.29 is 4.92 Å². The van der Waals surface area contributed by atoms with Gasteiger partial charge in [0.05, 0.1) is 15.8 Å². The lowest BCUT2D eigenvalue weighted by molar-refractivity contribution is -0.380. The highest BCUT2D eigenvalue weighted by Crippen LogP contribution is 2.39. The van der Waals surface area contributed by atoms with Crippen molar-refractivity contribution in [3.8, 4) is 0 Å². The molecule has 5 heteroatoms. The quantitative estimate of drug-likeness (QED) is 0.471. The number of nitrogens with zero attached hydrogens (tertiary/aromatic N) is 2. The van der Waals surface area contributed by atoms with Crippen LogP contribution in [0.2, 0.25) is 0 Å². The van der Waals surface area contributed by atoms with E-state index in [0.717, 1.165) is 17.7 Å². The molecule has 0 amide bonds. The van der Waals surface area contributed by atoms with Gasteiger partial charge < -0.3 is 0 Å². The molecular weight excluding hydrogens is 260 g/mol. The summed E-state index contributed by atoms with van der Waals surface area (Å²) in [4.78, 5) is 15.8. The van der Waals surface area contributed by atoms with E-state index in [9.17, 15) is 10.1 Å². The van der Waals surface area contributed by atoms with Crippen molar-refractivity contribution in [2.24, 2.45) is 16.3 Å². The van der Waals surface area contributed by atoms with Crippen molar-refractivity contribution >= 4 is 22.6 Å². The summed E-state index contributed by atoms with van der Waals surface area (Å²) in [6.45, 7) is 6.86. The SMILES string of the molecule is C[C@@H]1C[C@H](N=Cc2ccc([N+](=O)[O-])s2)CC(C)(C)C1. The van der Waals surface area contributed by atoms with E-state index in [-0.39, 0.29) is 9.92 Å². The molecule has 1 aromatic heterocycles. The zero-order chi connectivity index (χ0) is 14.0. The van der Waals surface area contributed by atoms with Gasteiger partial charge in [0, 0.05) is 12.3 Å². The minimum Gasteiger partial charge on any atom is -0.288 e. The first-order valence-corrected chi connectivity index (χ1v) is 7.45. The van der Waals surface area contributed by atoms with E-state index in [0.29, 0.717) is 17.4 Å². The minimum atomic E-state index is -0.353. The van der Waals surface area contributed by atoms with Gasteiger partial charge >= 0.3 is 5.00 Å². The van der Waals surface area contributed by atoms with Crippen LogP contribution in [0.4, 0.5) is 5.00 Å². The average Bonchev–Trinajstić information content (AvgIpc) is 2.72. The van der Waals surface area contributed by atoms with Gasteiger partial charge in [0.15, 0.2) is 0 Å². The van der Waals surface area contributed by atoms with Gasteiger partial charge in [-0.3, -0.25) is 15.1 Å². The lowest BCUT2D eigenvalue weighted by Crippen LogP contribution is -2.29. The summed E-state index contributed by atoms with van der Waals surface area (Å²) in [7, 11) is 0. The molecule has 1 saturated carbocycles. The Morgan fingerprint density at radius 3 is 2.79 bits per heavy atom. The fourth-order valence-corrected chi connectivity index (χ4v) is 3.80. The molecular formula is C14H20N2O2S. The normalized spacial score (nSPS) is 26.7. The molecule has 2 atom stereocenters. The number of aliphatic imine (C=N–C) groups is 1. The van der Waals surface area contributed by atoms with Crippen LogP contribution < -0.4 is 0 Å². The zero-order valence-corrected chi connectivity index (χ0v) is 12.4. The van der Waals surface area contributed by atoms with Crippen LogP contribution >= 0.6 is 11.3 Å². The van der Waals surface area contributed by atoms with E-state index in [1.165, 1.54) is 17.8 Å². The van der Waals surface area contributed by atoms with Crippen molar-refractivity contribution in [2.75, 3.05) is 0 Å². The van der Waals surface area contributed by atoms with Gasteiger partial charge in [0.1, 0.15) is 0 Å². The molecule has 2 rings (SSSR count). The fraction of sp³-hybridized carbons (Fsp3) is 0.643. The predicted molar refractivity (Wildman–Crippen MR) is 79.2 cm³/mol. The minimum absolute atomic E-state index is 0.179. The van der Waals surface area contributed by atoms with E-state index in [2.05, 4.69) is 25.8 Å². The highest BCUT2D eigenvalue weighted by atomic mass is 32.1. The third-order valence-corrected chi connectivity index (χ3v) is 4.54. The first-order valence-electron chi connectivity index (χ1n) is 6.63. The number of nitro groups is 1. The Bertz CT molecular complexity index is 493. The van der Waals surface area contributed by atoms with E-state index in [1.54, 1.807) is 18.3 Å². The molecule has 4 nitrogen and oxygen atoms in total. The summed E-state index contributed by atoms with van der Waals surface area (Å²) in [6, 6.07) is 3.66. The summed E-state index contributed by atoms with van der Waals surface area (Å²) in [5, 5.41) is 10.8. The van der Waals surface area contributed by atoms with Crippen LogP contribution in [0, 0.1) is 21.4 Å². The van der Waals surface area contributed by atoms with Gasteiger partial charge in [-0.1, -0.05) is 32.1 Å². The zero-order valence-electron chi connectivity index (χ0n) is 11.6. The monoisotopic (exact) mass is 280 g/mol. The highest BCUT2D eigenvalue weighted by molar-refractivity contribution is 7.16. The number of hydrogen-bond acceptors (Lipinski definition) is 4. The van der Waals surface area contributed by atoms with Crippen molar-refractivity contribution in [1.82, 2.24) is 0 Å². The standard InChI is InChI=1S/C14H20N2O2S/c1-10-6-11(8-14(2,3)7-10)15-9-12-4-5-13(19-12)16(17)18/h4-5,9-11H,6-8H2,1-3H3/t10-,11+/m1/s1. The summed E-state index contributed by atoms with van der Waals surface area (Å²) >= 11 is 1.18. The molecule has 0 aliphatic heterocycles. The van der Waals surface area contributed by atoms with E-state index >= 15 is 0 Å². The first kappa shape index (κ1) is 14.2. The molecule has 0 N–H and O–H groups in total. The molecule has 0 saturated heterocycles. The molecule has 104 valence electrons. The van der Waals surface area contributed by atoms with Crippen LogP contribution in [0.1, 0.15) is 44.9 Å². The van der Waals surface area contributed by atoms with Gasteiger partial charge in [0.2, 0.25) is 0 Å². The van der Waals surface area contributed by atoms with Crippen LogP contribution in [0.3, 0.4) is 0 Å². The van der Waals surface area contributed by atoms with E-state index < -0.39 is 0 Å². The second-order valence-corrected chi connectivity index (χ2v) is 7.37. The Hall–Kier alpha value is -1.23. The first-order chi connectivity index (χ1) is 8.85. The van der Waals surface area contributed by atoms with Crippen molar-refractivity contribution in [1.29, 1.82) is 0 Å². The second-order valence-electron chi connectivity index (χ2n) is 6.28. The molecule has 0 unspecified atom stereocenters. The van der Waals surface area contributed by atoms with Crippen LogP contribution in [0.5, 0.6) is 0 Å². The van der Waals surface area contributed by atoms with Crippen molar-refractivity contribution in [3.63, 3.8) is 0 Å². The average molecular weight is 280 g/mol. The van der Waals surface area contributed by atoms with Gasteiger partial charge in [0.25, 0.3) is 0 Å². The Labute approximate surface area is 117 Å². The van der Waals surface area contributed by atoms with Crippen molar-refractivity contribution in [3.05, 3.63) is 27.1 Å². The molecule has 0 aromatic carbocycles. The van der Waals surface area contributed by atoms with Gasteiger partial charge in [-0.15, -0.1) is 0 Å². The summed E-state index contributed by atoms with van der Waals surface area (Å²) in [5.41, 5.74) is 0.348. The van der Waals surface area contributed by atoms with Gasteiger partial charge in [-0.05, 0) is 36.7 Å². The van der Waals surface area contributed by atoms with Crippen LogP contribution in [0.15, 0.2) is 17.1 Å². The highest BCUT2D eigenvalue weighted by Gasteiger charge is 2.31. The number of hydrogen-bond donors (Lipinski definition) is 0. The lowest BCUT2D eigenvalue weighted by atomic mass is 9.71. The Kier molecular flexibility index (Phi) is 4.04. The van der Waals surface area contributed by atoms with E-state index in [4.69, 9.17) is 0 Å². The molecule has 0 radical (unpaired) electrons. The third-order valence-electron chi connectivity index (χ3n) is 3.57.